The molecule has 0 fully saturated rings. The second-order valence-corrected chi connectivity index (χ2v) is 14.3. The van der Waals surface area contributed by atoms with Crippen LogP contribution in [-0.2, 0) is 28.0 Å². The third kappa shape index (κ3) is 10.7. The number of hydrogen-bond donors (Lipinski definition) is 3. The zero-order valence-corrected chi connectivity index (χ0v) is 30.1. The number of rotatable bonds is 16. The minimum Gasteiger partial charge on any atom is -0.492 e. The lowest BCUT2D eigenvalue weighted by Gasteiger charge is -2.23. The van der Waals surface area contributed by atoms with Crippen molar-refractivity contribution < 1.29 is 32.5 Å². The van der Waals surface area contributed by atoms with Crippen molar-refractivity contribution >= 4 is 21.7 Å². The highest BCUT2D eigenvalue weighted by atomic mass is 32.2. The number of ether oxygens (including phenoxy) is 3. The summed E-state index contributed by atoms with van der Waals surface area (Å²) in [7, 11) is -3.59. The molecule has 0 heterocycles. The average Bonchev–Trinajstić information content (AvgIpc) is 3.12. The molecule has 0 radical (unpaired) electrons. The molecule has 51 heavy (non-hydrogen) atoms. The van der Waals surface area contributed by atoms with Crippen molar-refractivity contribution in [1.29, 1.82) is 0 Å². The summed E-state index contributed by atoms with van der Waals surface area (Å²) in [5.74, 6) is 0.785. The fourth-order valence-electron chi connectivity index (χ4n) is 5.66. The summed E-state index contributed by atoms with van der Waals surface area (Å²) >= 11 is 0. The Morgan fingerprint density at radius 3 is 1.98 bits per heavy atom. The molecule has 9 nitrogen and oxygen atoms in total. The molecule has 5 aromatic carbocycles. The van der Waals surface area contributed by atoms with Crippen molar-refractivity contribution in [2.24, 2.45) is 0 Å². The van der Waals surface area contributed by atoms with Gasteiger partial charge in [-0.3, -0.25) is 4.72 Å². The van der Waals surface area contributed by atoms with Crippen molar-refractivity contribution in [2.45, 2.75) is 46.1 Å². The van der Waals surface area contributed by atoms with Crippen molar-refractivity contribution in [3.63, 3.8) is 0 Å². The third-order valence-corrected chi connectivity index (χ3v) is 8.88. The molecular formula is C41H44N2O7S. The molecule has 0 amide bonds. The molecule has 0 aliphatic carbocycles. The van der Waals surface area contributed by atoms with Crippen LogP contribution < -0.4 is 19.5 Å². The maximum Gasteiger partial charge on any atom is 0.338 e. The van der Waals surface area contributed by atoms with Crippen molar-refractivity contribution in [3.05, 3.63) is 149 Å². The van der Waals surface area contributed by atoms with Crippen LogP contribution in [0.4, 0.5) is 5.69 Å². The standard InChI is InChI=1S/C41H44N2O7S/c1-28-23-36(33-15-17-34(18-16-33)41(45)50-27-32-13-9-6-10-14-32)24-29(2)40(28)48-22-21-42-30(3)39(44)35-19-20-38(37(25-35)43-51(4,46)47)49-26-31-11-7-5-8-12-31/h5-20,23-25,30,39,42-44H,21-22,26-27H2,1-4H3/t30-,39+/m0/s1. The number of aliphatic hydroxyl groups excluding tert-OH is 1. The first-order valence-corrected chi connectivity index (χ1v) is 18.6. The maximum absolute atomic E-state index is 12.5. The fourth-order valence-corrected chi connectivity index (χ4v) is 6.22. The molecule has 0 saturated carbocycles. The molecular weight excluding hydrogens is 665 g/mol. The Bertz CT molecular complexity index is 2000. The minimum absolute atomic E-state index is 0.224. The molecule has 0 bridgehead atoms. The second kappa shape index (κ2) is 17.2. The lowest BCUT2D eigenvalue weighted by molar-refractivity contribution is 0.0472. The van der Waals surface area contributed by atoms with Gasteiger partial charge >= 0.3 is 5.97 Å². The molecule has 2 atom stereocenters. The Morgan fingerprint density at radius 2 is 1.37 bits per heavy atom. The number of hydrogen-bond acceptors (Lipinski definition) is 8. The number of esters is 1. The molecule has 0 saturated heterocycles. The summed E-state index contributed by atoms with van der Waals surface area (Å²) in [5.41, 5.74) is 7.10. The summed E-state index contributed by atoms with van der Waals surface area (Å²) in [4.78, 5) is 12.5. The summed E-state index contributed by atoms with van der Waals surface area (Å²) in [6.45, 7) is 7.17. The lowest BCUT2D eigenvalue weighted by atomic mass is 9.99. The highest BCUT2D eigenvalue weighted by molar-refractivity contribution is 7.92. The number of anilines is 1. The predicted octanol–water partition coefficient (Wildman–Crippen LogP) is 7.37. The topological polar surface area (TPSA) is 123 Å². The number of carbonyl (C=O) groups is 1. The van der Waals surface area contributed by atoms with E-state index in [4.69, 9.17) is 14.2 Å². The first-order valence-electron chi connectivity index (χ1n) is 16.7. The van der Waals surface area contributed by atoms with Gasteiger partial charge < -0.3 is 24.6 Å². The van der Waals surface area contributed by atoms with Crippen LogP contribution in [-0.4, -0.2) is 44.9 Å². The van der Waals surface area contributed by atoms with Crippen LogP contribution in [0.25, 0.3) is 11.1 Å². The van der Waals surface area contributed by atoms with E-state index in [-0.39, 0.29) is 30.9 Å². The van der Waals surface area contributed by atoms with Crippen LogP contribution in [0.1, 0.15) is 51.2 Å². The van der Waals surface area contributed by atoms with E-state index in [0.717, 1.165) is 45.4 Å². The van der Waals surface area contributed by atoms with Crippen molar-refractivity contribution in [1.82, 2.24) is 5.32 Å². The Kier molecular flexibility index (Phi) is 12.5. The van der Waals surface area contributed by atoms with E-state index < -0.39 is 16.1 Å². The van der Waals surface area contributed by atoms with Gasteiger partial charge in [0.25, 0.3) is 0 Å². The van der Waals surface area contributed by atoms with Gasteiger partial charge in [0.2, 0.25) is 10.0 Å². The summed E-state index contributed by atoms with van der Waals surface area (Å²) < 4.78 is 44.2. The Hall–Kier alpha value is -5.16. The van der Waals surface area contributed by atoms with Gasteiger partial charge in [0.05, 0.1) is 23.6 Å². The van der Waals surface area contributed by atoms with Crippen LogP contribution >= 0.6 is 0 Å². The molecule has 0 spiro atoms. The van der Waals surface area contributed by atoms with Gasteiger partial charge in [-0.2, -0.15) is 0 Å². The van der Waals surface area contributed by atoms with Gasteiger partial charge in [0, 0.05) is 12.6 Å². The number of carbonyl (C=O) groups excluding carboxylic acids is 1. The molecule has 266 valence electrons. The number of aryl methyl sites for hydroxylation is 2. The molecule has 10 heteroatoms. The zero-order chi connectivity index (χ0) is 36.4. The van der Waals surface area contributed by atoms with E-state index in [1.807, 2.05) is 93.6 Å². The van der Waals surface area contributed by atoms with Crippen LogP contribution in [0.3, 0.4) is 0 Å². The number of aliphatic hydroxyl groups is 1. The largest absolute Gasteiger partial charge is 0.492 e. The maximum atomic E-state index is 12.5. The van der Waals surface area contributed by atoms with Gasteiger partial charge in [-0.1, -0.05) is 78.9 Å². The minimum atomic E-state index is -3.59. The van der Waals surface area contributed by atoms with Crippen LogP contribution in [0, 0.1) is 13.8 Å². The number of sulfonamides is 1. The van der Waals surface area contributed by atoms with Gasteiger partial charge in [-0.05, 0) is 96.1 Å². The van der Waals surface area contributed by atoms with E-state index in [9.17, 15) is 18.3 Å². The zero-order valence-electron chi connectivity index (χ0n) is 29.3. The number of nitrogens with one attached hydrogen (secondary N) is 2. The SMILES string of the molecule is Cc1cc(-c2ccc(C(=O)OCc3ccccc3)cc2)cc(C)c1OCCN[C@@H](C)[C@@H](O)c1ccc(OCc2ccccc2)c(NS(C)(=O)=O)c1. The molecule has 0 unspecified atom stereocenters. The first-order chi connectivity index (χ1) is 24.5. The van der Waals surface area contributed by atoms with E-state index in [2.05, 4.69) is 22.2 Å². The molecule has 0 aromatic heterocycles. The lowest BCUT2D eigenvalue weighted by Crippen LogP contribution is -2.35. The van der Waals surface area contributed by atoms with Crippen LogP contribution in [0.15, 0.2) is 115 Å². The van der Waals surface area contributed by atoms with Gasteiger partial charge in [0.15, 0.2) is 0 Å². The predicted molar refractivity (Wildman–Crippen MR) is 201 cm³/mol. The highest BCUT2D eigenvalue weighted by Crippen LogP contribution is 2.32. The summed E-state index contributed by atoms with van der Waals surface area (Å²) in [6, 6.07) is 35.3. The van der Waals surface area contributed by atoms with E-state index in [1.165, 1.54) is 0 Å². The van der Waals surface area contributed by atoms with E-state index >= 15 is 0 Å². The van der Waals surface area contributed by atoms with Crippen LogP contribution in [0.2, 0.25) is 0 Å². The van der Waals surface area contributed by atoms with Crippen molar-refractivity contribution in [2.75, 3.05) is 24.1 Å². The monoisotopic (exact) mass is 708 g/mol. The average molecular weight is 709 g/mol. The molecule has 0 aliphatic heterocycles. The van der Waals surface area contributed by atoms with Crippen LogP contribution in [0.5, 0.6) is 11.5 Å². The van der Waals surface area contributed by atoms with E-state index in [1.54, 1.807) is 30.3 Å². The quantitative estimate of drug-likeness (QED) is 0.0718. The molecule has 5 aromatic rings. The molecule has 5 rings (SSSR count). The Balaban J connectivity index is 1.14. The summed E-state index contributed by atoms with van der Waals surface area (Å²) in [6.07, 6.45) is 0.150. The molecule has 0 aliphatic rings. The van der Waals surface area contributed by atoms with Gasteiger partial charge in [-0.25, -0.2) is 13.2 Å². The Labute approximate surface area is 300 Å². The third-order valence-electron chi connectivity index (χ3n) is 8.29. The summed E-state index contributed by atoms with van der Waals surface area (Å²) in [5, 5.41) is 14.4. The van der Waals surface area contributed by atoms with E-state index in [0.29, 0.717) is 30.0 Å². The molecule has 3 N–H and O–H groups in total. The number of benzene rings is 5. The first kappa shape index (κ1) is 37.1. The fraction of sp³-hybridized carbons (Fsp3) is 0.244. The Morgan fingerprint density at radius 1 is 0.765 bits per heavy atom. The highest BCUT2D eigenvalue weighted by Gasteiger charge is 2.19. The van der Waals surface area contributed by atoms with Crippen molar-refractivity contribution in [3.8, 4) is 22.6 Å². The van der Waals surface area contributed by atoms with Gasteiger partial charge in [-0.15, -0.1) is 0 Å². The normalized spacial score (nSPS) is 12.5. The second-order valence-electron chi connectivity index (χ2n) is 12.5. The smallest absolute Gasteiger partial charge is 0.338 e. The van der Waals surface area contributed by atoms with Gasteiger partial charge in [0.1, 0.15) is 31.3 Å².